The Morgan fingerprint density at radius 2 is 1.88 bits per heavy atom. The minimum atomic E-state index is -1.14. The van der Waals surface area contributed by atoms with Crippen molar-refractivity contribution in [3.8, 4) is 0 Å². The average molecular weight is 342 g/mol. The lowest BCUT2D eigenvalue weighted by atomic mass is 10.1. The van der Waals surface area contributed by atoms with Gasteiger partial charge in [-0.25, -0.2) is 4.79 Å². The average Bonchev–Trinajstić information content (AvgIpc) is 2.97. The number of carbonyl (C=O) groups is 2. The molecule has 1 atom stereocenters. The van der Waals surface area contributed by atoms with E-state index in [0.29, 0.717) is 19.6 Å². The third-order valence-electron chi connectivity index (χ3n) is 4.65. The van der Waals surface area contributed by atoms with Gasteiger partial charge in [-0.15, -0.1) is 0 Å². The monoisotopic (exact) mass is 342 g/mol. The molecule has 7 nitrogen and oxygen atoms in total. The van der Waals surface area contributed by atoms with Crippen molar-refractivity contribution in [1.82, 2.24) is 14.7 Å². The Hall–Kier alpha value is -2.83. The molecule has 0 aliphatic carbocycles. The van der Waals surface area contributed by atoms with E-state index in [1.165, 1.54) is 16.4 Å². The molecule has 1 aromatic carbocycles. The van der Waals surface area contributed by atoms with Crippen molar-refractivity contribution in [2.45, 2.75) is 19.9 Å². The summed E-state index contributed by atoms with van der Waals surface area (Å²) in [6.45, 7) is 5.91. The molecule has 3 rings (SSSR count). The highest BCUT2D eigenvalue weighted by molar-refractivity contribution is 6.03. The molecule has 0 unspecified atom stereocenters. The van der Waals surface area contributed by atoms with Crippen molar-refractivity contribution in [2.75, 3.05) is 24.5 Å². The van der Waals surface area contributed by atoms with E-state index in [0.717, 1.165) is 5.69 Å². The highest BCUT2D eigenvalue weighted by atomic mass is 16.4. The summed E-state index contributed by atoms with van der Waals surface area (Å²) in [4.78, 5) is 28.1. The Labute approximate surface area is 146 Å². The van der Waals surface area contributed by atoms with Gasteiger partial charge in [0.25, 0.3) is 5.91 Å². The Balaban J connectivity index is 1.77. The molecule has 1 aromatic heterocycles. The van der Waals surface area contributed by atoms with Crippen LogP contribution in [0.1, 0.15) is 33.3 Å². The standard InChI is InChI=1S/C18H22N4O3/c1-12-4-6-14(7-5-12)22-9-8-21(11-13(22)2)17(23)16-15(18(24)25)10-19-20(16)3/h4-7,10,13H,8-9,11H2,1-3H3,(H,24,25)/t13-/m1/s1. The van der Waals surface area contributed by atoms with Gasteiger partial charge in [-0.1, -0.05) is 17.7 Å². The number of hydrogen-bond donors (Lipinski definition) is 1. The van der Waals surface area contributed by atoms with Gasteiger partial charge >= 0.3 is 5.97 Å². The van der Waals surface area contributed by atoms with Crippen molar-refractivity contribution in [1.29, 1.82) is 0 Å². The van der Waals surface area contributed by atoms with Gasteiger partial charge in [0.15, 0.2) is 0 Å². The Bertz CT molecular complexity index is 797. The Morgan fingerprint density at radius 3 is 2.48 bits per heavy atom. The van der Waals surface area contributed by atoms with Gasteiger partial charge < -0.3 is 14.9 Å². The van der Waals surface area contributed by atoms with Crippen LogP contribution in [0, 0.1) is 6.92 Å². The van der Waals surface area contributed by atoms with Crippen LogP contribution < -0.4 is 4.90 Å². The predicted octanol–water partition coefficient (Wildman–Crippen LogP) is 1.78. The van der Waals surface area contributed by atoms with Crippen LogP contribution in [0.25, 0.3) is 0 Å². The minimum absolute atomic E-state index is 0.0545. The van der Waals surface area contributed by atoms with E-state index in [1.807, 2.05) is 0 Å². The molecule has 1 N–H and O–H groups in total. The summed E-state index contributed by atoms with van der Waals surface area (Å²) >= 11 is 0. The van der Waals surface area contributed by atoms with Gasteiger partial charge in [-0.2, -0.15) is 5.10 Å². The van der Waals surface area contributed by atoms with Gasteiger partial charge in [-0.3, -0.25) is 9.48 Å². The van der Waals surface area contributed by atoms with Crippen molar-refractivity contribution < 1.29 is 14.7 Å². The first-order valence-electron chi connectivity index (χ1n) is 8.26. The van der Waals surface area contributed by atoms with Crippen molar-refractivity contribution in [3.05, 3.63) is 47.3 Å². The Kier molecular flexibility index (Phi) is 4.48. The molecule has 1 fully saturated rings. The first-order valence-corrected chi connectivity index (χ1v) is 8.26. The third kappa shape index (κ3) is 3.22. The van der Waals surface area contributed by atoms with Crippen molar-refractivity contribution in [2.24, 2.45) is 7.05 Å². The zero-order valence-electron chi connectivity index (χ0n) is 14.6. The maximum absolute atomic E-state index is 12.8. The minimum Gasteiger partial charge on any atom is -0.478 e. The van der Waals surface area contributed by atoms with Crippen LogP contribution in [0.2, 0.25) is 0 Å². The summed E-state index contributed by atoms with van der Waals surface area (Å²) in [6, 6.07) is 8.48. The number of anilines is 1. The van der Waals surface area contributed by atoms with Crippen molar-refractivity contribution >= 4 is 17.6 Å². The highest BCUT2D eigenvalue weighted by Gasteiger charge is 2.31. The van der Waals surface area contributed by atoms with Crippen LogP contribution in [0.3, 0.4) is 0 Å². The molecular weight excluding hydrogens is 320 g/mol. The number of carbonyl (C=O) groups excluding carboxylic acids is 1. The van der Waals surface area contributed by atoms with E-state index in [-0.39, 0.29) is 23.2 Å². The maximum atomic E-state index is 12.8. The van der Waals surface area contributed by atoms with E-state index in [4.69, 9.17) is 0 Å². The largest absolute Gasteiger partial charge is 0.478 e. The van der Waals surface area contributed by atoms with E-state index < -0.39 is 5.97 Å². The quantitative estimate of drug-likeness (QED) is 0.920. The topological polar surface area (TPSA) is 78.7 Å². The number of amides is 1. The fourth-order valence-electron chi connectivity index (χ4n) is 3.26. The van der Waals surface area contributed by atoms with Crippen LogP contribution in [0.5, 0.6) is 0 Å². The number of rotatable bonds is 3. The molecule has 0 spiro atoms. The number of aromatic carboxylic acids is 1. The van der Waals surface area contributed by atoms with Gasteiger partial charge in [0.05, 0.1) is 6.20 Å². The summed E-state index contributed by atoms with van der Waals surface area (Å²) in [5, 5.41) is 13.2. The smallest absolute Gasteiger partial charge is 0.339 e. The molecule has 1 aliphatic heterocycles. The second kappa shape index (κ2) is 6.58. The van der Waals surface area contributed by atoms with E-state index >= 15 is 0 Å². The molecule has 25 heavy (non-hydrogen) atoms. The van der Waals surface area contributed by atoms with Crippen LogP contribution in [-0.4, -0.2) is 57.3 Å². The number of carboxylic acids is 1. The molecule has 1 amide bonds. The number of hydrogen-bond acceptors (Lipinski definition) is 4. The van der Waals surface area contributed by atoms with Gasteiger partial charge in [0.1, 0.15) is 11.3 Å². The maximum Gasteiger partial charge on any atom is 0.339 e. The van der Waals surface area contributed by atoms with Gasteiger partial charge in [-0.05, 0) is 26.0 Å². The normalized spacial score (nSPS) is 17.6. The van der Waals surface area contributed by atoms with E-state index in [2.05, 4.69) is 48.1 Å². The summed E-state index contributed by atoms with van der Waals surface area (Å²) < 4.78 is 1.34. The number of carboxylic acid groups (broad SMARTS) is 1. The molecule has 7 heteroatoms. The number of piperazine rings is 1. The summed E-state index contributed by atoms with van der Waals surface area (Å²) in [7, 11) is 1.59. The Morgan fingerprint density at radius 1 is 1.20 bits per heavy atom. The van der Waals surface area contributed by atoms with Crippen LogP contribution >= 0.6 is 0 Å². The fourth-order valence-corrected chi connectivity index (χ4v) is 3.26. The lowest BCUT2D eigenvalue weighted by Crippen LogP contribution is -2.54. The van der Waals surface area contributed by atoms with Crippen LogP contribution in [-0.2, 0) is 7.05 Å². The molecule has 132 valence electrons. The summed E-state index contributed by atoms with van der Waals surface area (Å²) in [6.07, 6.45) is 1.22. The molecule has 2 aromatic rings. The second-order valence-electron chi connectivity index (χ2n) is 6.46. The molecule has 1 saturated heterocycles. The number of aryl methyl sites for hydroxylation is 2. The van der Waals surface area contributed by atoms with Crippen molar-refractivity contribution in [3.63, 3.8) is 0 Å². The lowest BCUT2D eigenvalue weighted by Gasteiger charge is -2.41. The van der Waals surface area contributed by atoms with Gasteiger partial charge in [0, 0.05) is 38.4 Å². The molecular formula is C18H22N4O3. The summed E-state index contributed by atoms with van der Waals surface area (Å²) in [5.74, 6) is -1.42. The van der Waals surface area contributed by atoms with E-state index in [1.54, 1.807) is 11.9 Å². The van der Waals surface area contributed by atoms with Crippen LogP contribution in [0.15, 0.2) is 30.5 Å². The first-order chi connectivity index (χ1) is 11.9. The first kappa shape index (κ1) is 17.0. The van der Waals surface area contributed by atoms with Gasteiger partial charge in [0.2, 0.25) is 0 Å². The highest BCUT2D eigenvalue weighted by Crippen LogP contribution is 2.22. The zero-order chi connectivity index (χ0) is 18.1. The number of aromatic nitrogens is 2. The third-order valence-corrected chi connectivity index (χ3v) is 4.65. The van der Waals surface area contributed by atoms with Crippen LogP contribution in [0.4, 0.5) is 5.69 Å². The number of nitrogens with zero attached hydrogens (tertiary/aromatic N) is 4. The molecule has 0 bridgehead atoms. The predicted molar refractivity (Wildman–Crippen MR) is 94.1 cm³/mol. The van der Waals surface area contributed by atoms with E-state index in [9.17, 15) is 14.7 Å². The second-order valence-corrected chi connectivity index (χ2v) is 6.46. The molecule has 2 heterocycles. The number of benzene rings is 1. The molecule has 0 saturated carbocycles. The summed E-state index contributed by atoms with van der Waals surface area (Å²) in [5.41, 5.74) is 2.42. The fraction of sp³-hybridized carbons (Fsp3) is 0.389. The zero-order valence-corrected chi connectivity index (χ0v) is 14.6. The molecule has 0 radical (unpaired) electrons. The SMILES string of the molecule is Cc1ccc(N2CCN(C(=O)c3c(C(=O)O)cnn3C)C[C@H]2C)cc1. The molecule has 1 aliphatic rings. The lowest BCUT2D eigenvalue weighted by molar-refractivity contribution is 0.0662.